The molecule has 0 radical (unpaired) electrons. The van der Waals surface area contributed by atoms with Crippen molar-refractivity contribution in [1.29, 1.82) is 0 Å². The van der Waals surface area contributed by atoms with Gasteiger partial charge in [0.1, 0.15) is 5.75 Å². The lowest BCUT2D eigenvalue weighted by Crippen LogP contribution is -2.49. The number of carbonyl (C=O) groups excluding carboxylic acids is 2. The van der Waals surface area contributed by atoms with Crippen LogP contribution in [0.4, 0.5) is 16.2 Å². The molecule has 0 aromatic heterocycles. The maximum absolute atomic E-state index is 13.2. The highest BCUT2D eigenvalue weighted by Crippen LogP contribution is 2.30. The van der Waals surface area contributed by atoms with Gasteiger partial charge in [-0.15, -0.1) is 0 Å². The van der Waals surface area contributed by atoms with Gasteiger partial charge in [-0.3, -0.25) is 9.69 Å². The molecule has 7 heteroatoms. The van der Waals surface area contributed by atoms with Crippen LogP contribution < -0.4 is 15.0 Å². The van der Waals surface area contributed by atoms with Crippen LogP contribution in [-0.2, 0) is 6.54 Å². The summed E-state index contributed by atoms with van der Waals surface area (Å²) in [6, 6.07) is 22.0. The molecule has 164 valence electrons. The summed E-state index contributed by atoms with van der Waals surface area (Å²) in [6.07, 6.45) is 0.854. The number of hydrogen-bond acceptors (Lipinski definition) is 3. The maximum atomic E-state index is 13.2. The summed E-state index contributed by atoms with van der Waals surface area (Å²) in [5, 5.41) is 3.24. The second-order valence-electron chi connectivity index (χ2n) is 7.55. The van der Waals surface area contributed by atoms with Crippen LogP contribution in [0.1, 0.15) is 22.3 Å². The van der Waals surface area contributed by atoms with Crippen LogP contribution in [0.15, 0.2) is 72.8 Å². The van der Waals surface area contributed by atoms with Crippen molar-refractivity contribution in [1.82, 2.24) is 4.90 Å². The predicted octanol–water partition coefficient (Wildman–Crippen LogP) is 5.43. The van der Waals surface area contributed by atoms with Gasteiger partial charge < -0.3 is 15.0 Å². The molecule has 0 saturated carbocycles. The fraction of sp³-hybridized carbons (Fsp3) is 0.200. The minimum atomic E-state index is -0.307. The van der Waals surface area contributed by atoms with Crippen molar-refractivity contribution < 1.29 is 14.3 Å². The molecule has 3 aromatic carbocycles. The Hall–Kier alpha value is -3.51. The van der Waals surface area contributed by atoms with Gasteiger partial charge in [-0.1, -0.05) is 48.0 Å². The molecule has 0 unspecified atom stereocenters. The third kappa shape index (κ3) is 4.86. The Morgan fingerprint density at radius 2 is 1.84 bits per heavy atom. The van der Waals surface area contributed by atoms with E-state index in [0.717, 1.165) is 12.0 Å². The largest absolute Gasteiger partial charge is 0.497 e. The molecule has 0 bridgehead atoms. The van der Waals surface area contributed by atoms with E-state index in [-0.39, 0.29) is 11.9 Å². The number of hydrogen-bond donors (Lipinski definition) is 1. The summed E-state index contributed by atoms with van der Waals surface area (Å²) >= 11 is 6.34. The lowest BCUT2D eigenvalue weighted by Gasteiger charge is -2.36. The van der Waals surface area contributed by atoms with Crippen molar-refractivity contribution in [3.8, 4) is 5.75 Å². The second-order valence-corrected chi connectivity index (χ2v) is 7.95. The highest BCUT2D eigenvalue weighted by molar-refractivity contribution is 6.34. The summed E-state index contributed by atoms with van der Waals surface area (Å²) in [7, 11) is 1.55. The topological polar surface area (TPSA) is 61.9 Å². The molecule has 1 N–H and O–H groups in total. The first-order valence-corrected chi connectivity index (χ1v) is 10.8. The Labute approximate surface area is 192 Å². The number of halogens is 1. The van der Waals surface area contributed by atoms with E-state index in [2.05, 4.69) is 5.32 Å². The summed E-state index contributed by atoms with van der Waals surface area (Å²) in [6.45, 7) is 1.87. The van der Waals surface area contributed by atoms with Crippen molar-refractivity contribution >= 4 is 34.9 Å². The number of carbonyl (C=O) groups is 2. The molecule has 3 aromatic rings. The van der Waals surface area contributed by atoms with Gasteiger partial charge in [-0.05, 0) is 48.4 Å². The lowest BCUT2D eigenvalue weighted by atomic mass is 10.1. The first kappa shape index (κ1) is 21.7. The van der Waals surface area contributed by atoms with E-state index in [4.69, 9.17) is 16.3 Å². The van der Waals surface area contributed by atoms with Crippen LogP contribution >= 0.6 is 11.6 Å². The number of nitrogens with zero attached hydrogens (tertiary/aromatic N) is 2. The van der Waals surface area contributed by atoms with Gasteiger partial charge in [-0.25, -0.2) is 4.79 Å². The molecular weight excluding hydrogens is 426 g/mol. The predicted molar refractivity (Wildman–Crippen MR) is 127 cm³/mol. The summed E-state index contributed by atoms with van der Waals surface area (Å²) in [5.41, 5.74) is 2.68. The Bertz CT molecular complexity index is 1120. The number of amides is 3. The van der Waals surface area contributed by atoms with Crippen LogP contribution in [0.2, 0.25) is 5.02 Å². The Morgan fingerprint density at radius 1 is 1.03 bits per heavy atom. The van der Waals surface area contributed by atoms with Gasteiger partial charge in [0, 0.05) is 30.9 Å². The highest BCUT2D eigenvalue weighted by atomic mass is 35.5. The molecular formula is C25H24ClN3O3. The van der Waals surface area contributed by atoms with Crippen LogP contribution in [0.3, 0.4) is 0 Å². The van der Waals surface area contributed by atoms with E-state index >= 15 is 0 Å². The van der Waals surface area contributed by atoms with Crippen molar-refractivity contribution in [2.24, 2.45) is 0 Å². The Morgan fingerprint density at radius 3 is 2.62 bits per heavy atom. The van der Waals surface area contributed by atoms with E-state index < -0.39 is 0 Å². The number of benzene rings is 3. The molecule has 0 spiro atoms. The van der Waals surface area contributed by atoms with E-state index in [1.165, 1.54) is 0 Å². The zero-order valence-electron chi connectivity index (χ0n) is 17.8. The van der Waals surface area contributed by atoms with Crippen molar-refractivity contribution in [3.05, 3.63) is 88.9 Å². The third-order valence-corrected chi connectivity index (χ3v) is 5.70. The van der Waals surface area contributed by atoms with Gasteiger partial charge in [0.25, 0.3) is 5.91 Å². The summed E-state index contributed by atoms with van der Waals surface area (Å²) in [4.78, 5) is 29.4. The Balaban J connectivity index is 1.52. The number of rotatable bonds is 6. The highest BCUT2D eigenvalue weighted by Gasteiger charge is 2.27. The zero-order chi connectivity index (χ0) is 22.5. The van der Waals surface area contributed by atoms with Crippen molar-refractivity contribution in [2.75, 3.05) is 30.4 Å². The molecule has 3 amide bonds. The smallest absolute Gasteiger partial charge is 0.324 e. The quantitative estimate of drug-likeness (QED) is 0.545. The van der Waals surface area contributed by atoms with Gasteiger partial charge in [-0.2, -0.15) is 0 Å². The van der Waals surface area contributed by atoms with Crippen molar-refractivity contribution in [3.63, 3.8) is 0 Å². The lowest BCUT2D eigenvalue weighted by molar-refractivity contribution is 0.102. The minimum absolute atomic E-state index is 0.0625. The van der Waals surface area contributed by atoms with E-state index in [0.29, 0.717) is 47.3 Å². The van der Waals surface area contributed by atoms with Crippen molar-refractivity contribution in [2.45, 2.75) is 13.0 Å². The monoisotopic (exact) mass is 449 g/mol. The first-order valence-electron chi connectivity index (χ1n) is 10.4. The first-order chi connectivity index (χ1) is 15.5. The number of nitrogens with one attached hydrogen (secondary N) is 1. The Kier molecular flexibility index (Phi) is 6.61. The number of urea groups is 1. The molecule has 6 nitrogen and oxygen atoms in total. The van der Waals surface area contributed by atoms with Crippen LogP contribution in [-0.4, -0.2) is 37.0 Å². The molecule has 0 atom stereocenters. The average molecular weight is 450 g/mol. The SMILES string of the molecule is COc1cccc(C(=O)Nc2cc(N3CCCN(Cc4ccccc4)C3=O)ccc2Cl)c1. The minimum Gasteiger partial charge on any atom is -0.497 e. The summed E-state index contributed by atoms with van der Waals surface area (Å²) < 4.78 is 5.19. The zero-order valence-corrected chi connectivity index (χ0v) is 18.5. The second kappa shape index (κ2) is 9.75. The maximum Gasteiger partial charge on any atom is 0.324 e. The molecule has 4 rings (SSSR count). The molecule has 1 aliphatic heterocycles. The number of methoxy groups -OCH3 is 1. The van der Waals surface area contributed by atoms with Crippen LogP contribution in [0, 0.1) is 0 Å². The fourth-order valence-electron chi connectivity index (χ4n) is 3.71. The van der Waals surface area contributed by atoms with Gasteiger partial charge >= 0.3 is 6.03 Å². The summed E-state index contributed by atoms with van der Waals surface area (Å²) in [5.74, 6) is 0.286. The fourth-order valence-corrected chi connectivity index (χ4v) is 3.87. The van der Waals surface area contributed by atoms with Crippen LogP contribution in [0.5, 0.6) is 5.75 Å². The van der Waals surface area contributed by atoms with Gasteiger partial charge in [0.05, 0.1) is 17.8 Å². The molecule has 0 aliphatic carbocycles. The standard InChI is InChI=1S/C25H24ClN3O3/c1-32-21-10-5-9-19(15-21)24(30)27-23-16-20(11-12-22(23)26)29-14-6-13-28(25(29)31)17-18-7-3-2-4-8-18/h2-5,7-12,15-16H,6,13-14,17H2,1H3,(H,27,30). The van der Waals surface area contributed by atoms with Gasteiger partial charge in [0.15, 0.2) is 0 Å². The van der Waals surface area contributed by atoms with Gasteiger partial charge in [0.2, 0.25) is 0 Å². The average Bonchev–Trinajstić information content (AvgIpc) is 2.82. The molecule has 1 aliphatic rings. The number of ether oxygens (including phenoxy) is 1. The van der Waals surface area contributed by atoms with E-state index in [9.17, 15) is 9.59 Å². The molecule has 1 saturated heterocycles. The number of anilines is 2. The molecule has 1 fully saturated rings. The molecule has 32 heavy (non-hydrogen) atoms. The van der Waals surface area contributed by atoms with E-state index in [1.807, 2.05) is 35.2 Å². The van der Waals surface area contributed by atoms with E-state index in [1.54, 1.807) is 54.5 Å². The van der Waals surface area contributed by atoms with Crippen LogP contribution in [0.25, 0.3) is 0 Å². The third-order valence-electron chi connectivity index (χ3n) is 5.37. The normalized spacial score (nSPS) is 13.8. The molecule has 1 heterocycles.